The molecule has 1 fully saturated rings. The summed E-state index contributed by atoms with van der Waals surface area (Å²) in [5, 5.41) is 14.8. The first kappa shape index (κ1) is 21.2. The van der Waals surface area contributed by atoms with Gasteiger partial charge in [-0.2, -0.15) is 5.10 Å². The molecule has 4 rings (SSSR count). The van der Waals surface area contributed by atoms with E-state index in [1.165, 1.54) is 32.1 Å². The van der Waals surface area contributed by atoms with E-state index in [1.54, 1.807) is 6.07 Å². The van der Waals surface area contributed by atoms with Gasteiger partial charge in [-0.15, -0.1) is 0 Å². The molecule has 0 spiro atoms. The molecule has 1 amide bonds. The third-order valence-electron chi connectivity index (χ3n) is 5.98. The maximum atomic E-state index is 12.4. The zero-order valence-electron chi connectivity index (χ0n) is 17.8. The number of aromatic nitrogens is 2. The van der Waals surface area contributed by atoms with Crippen molar-refractivity contribution in [1.82, 2.24) is 15.5 Å². The fraction of sp³-hybridized carbons (Fsp3) is 0.400. The first-order valence-corrected chi connectivity index (χ1v) is 11.3. The van der Waals surface area contributed by atoms with Gasteiger partial charge < -0.3 is 10.6 Å². The summed E-state index contributed by atoms with van der Waals surface area (Å²) in [5.41, 5.74) is 2.07. The normalized spacial score (nSPS) is 14.6. The predicted octanol–water partition coefficient (Wildman–Crippen LogP) is 4.62. The lowest BCUT2D eigenvalue weighted by molar-refractivity contribution is -0.116. The molecule has 1 saturated carbocycles. The molecule has 0 radical (unpaired) electrons. The van der Waals surface area contributed by atoms with E-state index in [1.807, 2.05) is 42.5 Å². The number of nitrogens with one attached hydrogen (secondary N) is 3. The molecular formula is C25H30N4O2. The van der Waals surface area contributed by atoms with Crippen LogP contribution in [0.2, 0.25) is 0 Å². The fourth-order valence-electron chi connectivity index (χ4n) is 4.33. The molecular weight excluding hydrogens is 388 g/mol. The molecule has 0 aliphatic heterocycles. The quantitative estimate of drug-likeness (QED) is 0.466. The highest BCUT2D eigenvalue weighted by molar-refractivity contribution is 5.95. The highest BCUT2D eigenvalue weighted by Gasteiger charge is 2.12. The van der Waals surface area contributed by atoms with Crippen molar-refractivity contribution in [2.24, 2.45) is 0 Å². The summed E-state index contributed by atoms with van der Waals surface area (Å²) in [6.07, 6.45) is 9.01. The smallest absolute Gasteiger partial charge is 0.272 e. The lowest BCUT2D eigenvalue weighted by Crippen LogP contribution is -2.31. The van der Waals surface area contributed by atoms with Crippen LogP contribution in [-0.4, -0.2) is 28.7 Å². The van der Waals surface area contributed by atoms with Gasteiger partial charge in [0.15, 0.2) is 0 Å². The van der Waals surface area contributed by atoms with Gasteiger partial charge in [0.05, 0.1) is 11.1 Å². The number of anilines is 1. The fourth-order valence-corrected chi connectivity index (χ4v) is 4.33. The molecule has 3 N–H and O–H groups in total. The molecule has 1 aliphatic rings. The average Bonchev–Trinajstić information content (AvgIpc) is 2.80. The van der Waals surface area contributed by atoms with E-state index in [0.29, 0.717) is 23.5 Å². The number of aromatic amines is 1. The summed E-state index contributed by atoms with van der Waals surface area (Å²) in [6.45, 7) is 0.985. The van der Waals surface area contributed by atoms with Crippen LogP contribution in [0, 0.1) is 0 Å². The second-order valence-electron chi connectivity index (χ2n) is 8.32. The van der Waals surface area contributed by atoms with Gasteiger partial charge in [0.25, 0.3) is 5.56 Å². The minimum atomic E-state index is -0.207. The van der Waals surface area contributed by atoms with Crippen LogP contribution in [0.15, 0.2) is 53.3 Å². The minimum Gasteiger partial charge on any atom is -0.326 e. The number of rotatable bonds is 8. The van der Waals surface area contributed by atoms with E-state index in [-0.39, 0.29) is 11.5 Å². The molecule has 0 atom stereocenters. The Balaban J connectivity index is 1.32. The molecule has 1 aliphatic carbocycles. The third kappa shape index (κ3) is 5.58. The lowest BCUT2D eigenvalue weighted by atomic mass is 9.95. The molecule has 31 heavy (non-hydrogen) atoms. The zero-order valence-corrected chi connectivity index (χ0v) is 17.8. The Morgan fingerprint density at radius 2 is 1.81 bits per heavy atom. The van der Waals surface area contributed by atoms with Crippen LogP contribution in [-0.2, 0) is 4.79 Å². The van der Waals surface area contributed by atoms with Crippen LogP contribution in [0.4, 0.5) is 5.69 Å². The Hall–Kier alpha value is -2.99. The van der Waals surface area contributed by atoms with Gasteiger partial charge in [0, 0.05) is 29.1 Å². The predicted molar refractivity (Wildman–Crippen MR) is 125 cm³/mol. The molecule has 2 aromatic carbocycles. The number of amides is 1. The van der Waals surface area contributed by atoms with E-state index >= 15 is 0 Å². The second-order valence-corrected chi connectivity index (χ2v) is 8.32. The van der Waals surface area contributed by atoms with Crippen LogP contribution in [0.5, 0.6) is 0 Å². The summed E-state index contributed by atoms with van der Waals surface area (Å²) in [5.74, 6) is 0.0223. The molecule has 0 bridgehead atoms. The Kier molecular flexibility index (Phi) is 7.10. The monoisotopic (exact) mass is 418 g/mol. The molecule has 6 nitrogen and oxygen atoms in total. The molecule has 0 saturated heterocycles. The summed E-state index contributed by atoms with van der Waals surface area (Å²) in [6, 6.07) is 15.7. The SMILES string of the molecule is O=C(CCCCNC1CCCCC1)Nc1cccc(-c2n[nH]c(=O)c3ccccc23)c1. The standard InChI is InChI=1S/C25H30N4O2/c30-23(15-6-7-16-26-19-10-2-1-3-11-19)27-20-12-8-9-18(17-20)24-21-13-4-5-14-22(21)25(31)29-28-24/h4-5,8-9,12-14,17,19,26H,1-3,6-7,10-11,15-16H2,(H,27,30)(H,29,31). The van der Waals surface area contributed by atoms with Crippen molar-refractivity contribution in [3.05, 3.63) is 58.9 Å². The first-order chi connectivity index (χ1) is 15.2. The molecule has 1 heterocycles. The number of hydrogen-bond donors (Lipinski definition) is 3. The number of hydrogen-bond acceptors (Lipinski definition) is 4. The summed E-state index contributed by atoms with van der Waals surface area (Å²) < 4.78 is 0. The highest BCUT2D eigenvalue weighted by atomic mass is 16.1. The van der Waals surface area contributed by atoms with Gasteiger partial charge in [-0.05, 0) is 50.4 Å². The molecule has 162 valence electrons. The number of fused-ring (bicyclic) bond motifs is 1. The van der Waals surface area contributed by atoms with E-state index in [0.717, 1.165) is 36.0 Å². The topological polar surface area (TPSA) is 86.9 Å². The number of H-pyrrole nitrogens is 1. The number of carbonyl (C=O) groups is 1. The van der Waals surface area contributed by atoms with Gasteiger partial charge in [0.1, 0.15) is 0 Å². The maximum absolute atomic E-state index is 12.4. The minimum absolute atomic E-state index is 0.0223. The first-order valence-electron chi connectivity index (χ1n) is 11.3. The number of nitrogens with zero attached hydrogens (tertiary/aromatic N) is 1. The molecule has 6 heteroatoms. The van der Waals surface area contributed by atoms with Crippen molar-refractivity contribution in [2.45, 2.75) is 57.4 Å². The van der Waals surface area contributed by atoms with Crippen molar-refractivity contribution in [2.75, 3.05) is 11.9 Å². The maximum Gasteiger partial charge on any atom is 0.272 e. The Bertz CT molecular complexity index is 1090. The summed E-state index contributed by atoms with van der Waals surface area (Å²) in [4.78, 5) is 24.4. The van der Waals surface area contributed by atoms with Crippen LogP contribution < -0.4 is 16.2 Å². The Morgan fingerprint density at radius 1 is 1.00 bits per heavy atom. The largest absolute Gasteiger partial charge is 0.326 e. The van der Waals surface area contributed by atoms with Gasteiger partial charge in [-0.3, -0.25) is 9.59 Å². The average molecular weight is 419 g/mol. The van der Waals surface area contributed by atoms with Gasteiger partial charge in [-0.25, -0.2) is 5.10 Å². The van der Waals surface area contributed by atoms with Crippen LogP contribution >= 0.6 is 0 Å². The second kappa shape index (κ2) is 10.4. The van der Waals surface area contributed by atoms with Crippen molar-refractivity contribution >= 4 is 22.4 Å². The Labute approximate surface area is 182 Å². The number of unbranched alkanes of at least 4 members (excludes halogenated alkanes) is 1. The van der Waals surface area contributed by atoms with Crippen molar-refractivity contribution in [3.63, 3.8) is 0 Å². The van der Waals surface area contributed by atoms with Crippen LogP contribution in [0.25, 0.3) is 22.0 Å². The lowest BCUT2D eigenvalue weighted by Gasteiger charge is -2.22. The number of benzene rings is 2. The molecule has 3 aromatic rings. The summed E-state index contributed by atoms with van der Waals surface area (Å²) in [7, 11) is 0. The van der Waals surface area contributed by atoms with Crippen molar-refractivity contribution in [1.29, 1.82) is 0 Å². The summed E-state index contributed by atoms with van der Waals surface area (Å²) >= 11 is 0. The molecule has 1 aromatic heterocycles. The van der Waals surface area contributed by atoms with Crippen LogP contribution in [0.3, 0.4) is 0 Å². The number of carbonyl (C=O) groups excluding carboxylic acids is 1. The van der Waals surface area contributed by atoms with E-state index in [4.69, 9.17) is 0 Å². The van der Waals surface area contributed by atoms with Crippen molar-refractivity contribution < 1.29 is 4.79 Å². The van der Waals surface area contributed by atoms with Gasteiger partial charge in [-0.1, -0.05) is 49.6 Å². The molecule has 0 unspecified atom stereocenters. The van der Waals surface area contributed by atoms with E-state index in [2.05, 4.69) is 20.8 Å². The van der Waals surface area contributed by atoms with Crippen molar-refractivity contribution in [3.8, 4) is 11.3 Å². The van der Waals surface area contributed by atoms with E-state index < -0.39 is 0 Å². The van der Waals surface area contributed by atoms with Crippen LogP contribution in [0.1, 0.15) is 51.4 Å². The third-order valence-corrected chi connectivity index (χ3v) is 5.98. The Morgan fingerprint density at radius 3 is 2.65 bits per heavy atom. The van der Waals surface area contributed by atoms with Gasteiger partial charge in [0.2, 0.25) is 5.91 Å². The van der Waals surface area contributed by atoms with Gasteiger partial charge >= 0.3 is 0 Å². The highest BCUT2D eigenvalue weighted by Crippen LogP contribution is 2.26. The van der Waals surface area contributed by atoms with E-state index in [9.17, 15) is 9.59 Å². The zero-order chi connectivity index (χ0) is 21.5.